The van der Waals surface area contributed by atoms with Crippen LogP contribution >= 0.6 is 0 Å². The molecule has 0 fully saturated rings. The predicted octanol–water partition coefficient (Wildman–Crippen LogP) is 1.50. The highest BCUT2D eigenvalue weighted by molar-refractivity contribution is 5.59. The van der Waals surface area contributed by atoms with Gasteiger partial charge in [-0.1, -0.05) is 12.1 Å². The van der Waals surface area contributed by atoms with Crippen LogP contribution in [0.1, 0.15) is 17.0 Å². The molecule has 64 valence electrons. The average molecular weight is 163 g/mol. The van der Waals surface area contributed by atoms with Crippen molar-refractivity contribution in [2.45, 2.75) is 12.8 Å². The monoisotopic (exact) mass is 163 g/mol. The van der Waals surface area contributed by atoms with E-state index in [-0.39, 0.29) is 6.61 Å². The van der Waals surface area contributed by atoms with Gasteiger partial charge in [0, 0.05) is 18.2 Å². The summed E-state index contributed by atoms with van der Waals surface area (Å²) >= 11 is 0. The van der Waals surface area contributed by atoms with Crippen molar-refractivity contribution in [3.05, 3.63) is 29.3 Å². The van der Waals surface area contributed by atoms with Gasteiger partial charge in [0.2, 0.25) is 0 Å². The van der Waals surface area contributed by atoms with Crippen molar-refractivity contribution in [3.8, 4) is 0 Å². The Morgan fingerprint density at radius 3 is 3.17 bits per heavy atom. The highest BCUT2D eigenvalue weighted by atomic mass is 16.3. The largest absolute Gasteiger partial charge is 0.396 e. The zero-order valence-electron chi connectivity index (χ0n) is 7.17. The molecule has 2 nitrogen and oxygen atoms in total. The first-order valence-electron chi connectivity index (χ1n) is 4.26. The van der Waals surface area contributed by atoms with Gasteiger partial charge in [0.15, 0.2) is 0 Å². The summed E-state index contributed by atoms with van der Waals surface area (Å²) in [7, 11) is 0. The lowest BCUT2D eigenvalue weighted by Crippen LogP contribution is -2.05. The highest BCUT2D eigenvalue weighted by Crippen LogP contribution is 2.31. The lowest BCUT2D eigenvalue weighted by atomic mass is 10.0. The minimum Gasteiger partial charge on any atom is -0.396 e. The molecule has 1 aromatic carbocycles. The number of hydrogen-bond acceptors (Lipinski definition) is 2. The molecule has 1 aromatic rings. The number of aryl methyl sites for hydroxylation is 1. The van der Waals surface area contributed by atoms with E-state index < -0.39 is 0 Å². The molecular weight excluding hydrogens is 150 g/mol. The maximum absolute atomic E-state index is 9.04. The van der Waals surface area contributed by atoms with E-state index in [2.05, 4.69) is 30.4 Å². The molecule has 0 saturated carbocycles. The number of aliphatic hydroxyl groups excluding tert-OH is 1. The smallest absolute Gasteiger partial charge is 0.0517 e. The van der Waals surface area contributed by atoms with Crippen LogP contribution in [0.15, 0.2) is 18.2 Å². The Morgan fingerprint density at radius 1 is 1.58 bits per heavy atom. The molecule has 2 rings (SSSR count). The van der Waals surface area contributed by atoms with Crippen LogP contribution in [0.25, 0.3) is 0 Å². The SMILES string of the molecule is Cc1ccc2c(c1)NCC2CO. The van der Waals surface area contributed by atoms with Crippen molar-refractivity contribution in [3.63, 3.8) is 0 Å². The summed E-state index contributed by atoms with van der Waals surface area (Å²) in [6.07, 6.45) is 0. The topological polar surface area (TPSA) is 32.3 Å². The summed E-state index contributed by atoms with van der Waals surface area (Å²) in [6.45, 7) is 3.19. The first-order valence-corrected chi connectivity index (χ1v) is 4.26. The molecule has 0 saturated heterocycles. The summed E-state index contributed by atoms with van der Waals surface area (Å²) in [5, 5.41) is 12.3. The van der Waals surface area contributed by atoms with Crippen LogP contribution in [0.4, 0.5) is 5.69 Å². The van der Waals surface area contributed by atoms with Gasteiger partial charge < -0.3 is 10.4 Å². The third-order valence-electron chi connectivity index (χ3n) is 2.41. The molecule has 0 radical (unpaired) electrons. The van der Waals surface area contributed by atoms with Crippen LogP contribution in [0.2, 0.25) is 0 Å². The Labute approximate surface area is 72.2 Å². The van der Waals surface area contributed by atoms with Gasteiger partial charge >= 0.3 is 0 Å². The molecule has 1 aliphatic heterocycles. The average Bonchev–Trinajstić information content (AvgIpc) is 2.46. The Bertz CT molecular complexity index is 296. The number of benzene rings is 1. The van der Waals surface area contributed by atoms with E-state index in [0.717, 1.165) is 6.54 Å². The van der Waals surface area contributed by atoms with Crippen molar-refractivity contribution >= 4 is 5.69 Å². The molecule has 0 bridgehead atoms. The van der Waals surface area contributed by atoms with E-state index in [1.807, 2.05) is 0 Å². The fraction of sp³-hybridized carbons (Fsp3) is 0.400. The number of fused-ring (bicyclic) bond motifs is 1. The lowest BCUT2D eigenvalue weighted by Gasteiger charge is -2.04. The van der Waals surface area contributed by atoms with Gasteiger partial charge in [-0.2, -0.15) is 0 Å². The van der Waals surface area contributed by atoms with Gasteiger partial charge in [-0.25, -0.2) is 0 Å². The molecule has 1 heterocycles. The molecule has 0 spiro atoms. The van der Waals surface area contributed by atoms with Crippen LogP contribution in [0, 0.1) is 6.92 Å². The van der Waals surface area contributed by atoms with Crippen molar-refractivity contribution < 1.29 is 5.11 Å². The normalized spacial score (nSPS) is 20.3. The minimum absolute atomic E-state index is 0.239. The summed E-state index contributed by atoms with van der Waals surface area (Å²) in [6, 6.07) is 6.32. The highest BCUT2D eigenvalue weighted by Gasteiger charge is 2.20. The number of nitrogens with one attached hydrogen (secondary N) is 1. The van der Waals surface area contributed by atoms with Gasteiger partial charge in [0.05, 0.1) is 6.61 Å². The van der Waals surface area contributed by atoms with Gasteiger partial charge in [-0.05, 0) is 24.1 Å². The third-order valence-corrected chi connectivity index (χ3v) is 2.41. The maximum atomic E-state index is 9.04. The summed E-state index contributed by atoms with van der Waals surface area (Å²) < 4.78 is 0. The molecular formula is C10H13NO. The standard InChI is InChI=1S/C10H13NO/c1-7-2-3-9-8(6-12)5-11-10(9)4-7/h2-4,8,11-12H,5-6H2,1H3. The van der Waals surface area contributed by atoms with E-state index >= 15 is 0 Å². The van der Waals surface area contributed by atoms with Crippen molar-refractivity contribution in [1.82, 2.24) is 0 Å². The quantitative estimate of drug-likeness (QED) is 0.657. The summed E-state index contributed by atoms with van der Waals surface area (Å²) in [5.41, 5.74) is 3.71. The van der Waals surface area contributed by atoms with Crippen molar-refractivity contribution in [1.29, 1.82) is 0 Å². The number of rotatable bonds is 1. The van der Waals surface area contributed by atoms with Crippen LogP contribution in [0.5, 0.6) is 0 Å². The fourth-order valence-corrected chi connectivity index (χ4v) is 1.69. The first-order chi connectivity index (χ1) is 5.81. The second-order valence-corrected chi connectivity index (χ2v) is 3.35. The molecule has 1 atom stereocenters. The molecule has 0 aliphatic carbocycles. The Hall–Kier alpha value is -1.02. The molecule has 2 heteroatoms. The predicted molar refractivity (Wildman–Crippen MR) is 49.5 cm³/mol. The van der Waals surface area contributed by atoms with E-state index in [0.29, 0.717) is 5.92 Å². The first kappa shape index (κ1) is 7.62. The molecule has 1 unspecified atom stereocenters. The third kappa shape index (κ3) is 1.08. The van der Waals surface area contributed by atoms with Gasteiger partial charge in [-0.15, -0.1) is 0 Å². The van der Waals surface area contributed by atoms with E-state index in [1.54, 1.807) is 0 Å². The zero-order valence-corrected chi connectivity index (χ0v) is 7.17. The van der Waals surface area contributed by atoms with Gasteiger partial charge in [0.25, 0.3) is 0 Å². The van der Waals surface area contributed by atoms with Crippen LogP contribution in [-0.4, -0.2) is 18.3 Å². The second kappa shape index (κ2) is 2.79. The second-order valence-electron chi connectivity index (χ2n) is 3.35. The molecule has 12 heavy (non-hydrogen) atoms. The Morgan fingerprint density at radius 2 is 2.42 bits per heavy atom. The van der Waals surface area contributed by atoms with E-state index in [1.165, 1.54) is 16.8 Å². The number of aliphatic hydroxyl groups is 1. The van der Waals surface area contributed by atoms with E-state index in [4.69, 9.17) is 5.11 Å². The molecule has 0 amide bonds. The van der Waals surface area contributed by atoms with E-state index in [9.17, 15) is 0 Å². The van der Waals surface area contributed by atoms with Gasteiger partial charge in [-0.3, -0.25) is 0 Å². The minimum atomic E-state index is 0.239. The zero-order chi connectivity index (χ0) is 8.55. The summed E-state index contributed by atoms with van der Waals surface area (Å²) in [5.74, 6) is 0.292. The maximum Gasteiger partial charge on any atom is 0.0517 e. The molecule has 1 aliphatic rings. The molecule has 2 N–H and O–H groups in total. The van der Waals surface area contributed by atoms with Crippen LogP contribution < -0.4 is 5.32 Å². The summed E-state index contributed by atoms with van der Waals surface area (Å²) in [4.78, 5) is 0. The Kier molecular flexibility index (Phi) is 1.77. The van der Waals surface area contributed by atoms with Crippen LogP contribution in [0.3, 0.4) is 0 Å². The fourth-order valence-electron chi connectivity index (χ4n) is 1.69. The lowest BCUT2D eigenvalue weighted by molar-refractivity contribution is 0.273. The van der Waals surface area contributed by atoms with Crippen molar-refractivity contribution in [2.24, 2.45) is 0 Å². The van der Waals surface area contributed by atoms with Crippen molar-refractivity contribution in [2.75, 3.05) is 18.5 Å². The van der Waals surface area contributed by atoms with Crippen LogP contribution in [-0.2, 0) is 0 Å². The Balaban J connectivity index is 2.40. The number of anilines is 1. The van der Waals surface area contributed by atoms with Gasteiger partial charge in [0.1, 0.15) is 0 Å². The number of hydrogen-bond donors (Lipinski definition) is 2. The molecule has 0 aromatic heterocycles.